The summed E-state index contributed by atoms with van der Waals surface area (Å²) >= 11 is 1.40. The smallest absolute Gasteiger partial charge is 0.191 e. The van der Waals surface area contributed by atoms with Gasteiger partial charge in [0.15, 0.2) is 16.8 Å². The second-order valence-electron chi connectivity index (χ2n) is 7.63. The maximum Gasteiger partial charge on any atom is 0.191 e. The standard InChI is InChI=1S/C24H29N3O3S/c1-5-18-9-11-20(12-10-18)30-15-23-25-26-24(27(23)14-17(2)3)31-16-22(28)19-7-6-8-21(13-19)29-4/h6-13,17H,5,14-16H2,1-4H3. The van der Waals surface area contributed by atoms with Gasteiger partial charge in [0.25, 0.3) is 0 Å². The van der Waals surface area contributed by atoms with Gasteiger partial charge in [-0.25, -0.2) is 0 Å². The molecule has 0 unspecified atom stereocenters. The van der Waals surface area contributed by atoms with E-state index in [9.17, 15) is 4.79 Å². The van der Waals surface area contributed by atoms with Crippen LogP contribution in [0.15, 0.2) is 53.7 Å². The first-order chi connectivity index (χ1) is 15.0. The minimum absolute atomic E-state index is 0.0248. The van der Waals surface area contributed by atoms with Crippen molar-refractivity contribution < 1.29 is 14.3 Å². The minimum Gasteiger partial charge on any atom is -0.497 e. The molecule has 0 spiro atoms. The van der Waals surface area contributed by atoms with Crippen molar-refractivity contribution in [2.75, 3.05) is 12.9 Å². The summed E-state index contributed by atoms with van der Waals surface area (Å²) in [5.41, 5.74) is 1.90. The molecule has 2 aromatic carbocycles. The summed E-state index contributed by atoms with van der Waals surface area (Å²) < 4.78 is 13.2. The number of ether oxygens (including phenoxy) is 2. The zero-order valence-electron chi connectivity index (χ0n) is 18.5. The van der Waals surface area contributed by atoms with Crippen LogP contribution in [-0.4, -0.2) is 33.4 Å². The predicted octanol–water partition coefficient (Wildman–Crippen LogP) is 5.06. The maximum absolute atomic E-state index is 12.6. The summed E-state index contributed by atoms with van der Waals surface area (Å²) in [7, 11) is 1.59. The highest BCUT2D eigenvalue weighted by molar-refractivity contribution is 7.99. The largest absolute Gasteiger partial charge is 0.497 e. The zero-order valence-corrected chi connectivity index (χ0v) is 19.3. The molecule has 31 heavy (non-hydrogen) atoms. The van der Waals surface area contributed by atoms with Gasteiger partial charge >= 0.3 is 0 Å². The minimum atomic E-state index is 0.0248. The van der Waals surface area contributed by atoms with E-state index in [1.807, 2.05) is 24.3 Å². The molecule has 3 aromatic rings. The Morgan fingerprint density at radius 2 is 1.87 bits per heavy atom. The molecule has 7 heteroatoms. The lowest BCUT2D eigenvalue weighted by Crippen LogP contribution is -2.13. The number of hydrogen-bond donors (Lipinski definition) is 0. The van der Waals surface area contributed by atoms with E-state index >= 15 is 0 Å². The first-order valence-electron chi connectivity index (χ1n) is 10.4. The maximum atomic E-state index is 12.6. The van der Waals surface area contributed by atoms with E-state index in [1.165, 1.54) is 17.3 Å². The van der Waals surface area contributed by atoms with Crippen molar-refractivity contribution in [1.82, 2.24) is 14.8 Å². The Balaban J connectivity index is 1.68. The van der Waals surface area contributed by atoms with Crippen LogP contribution in [0.1, 0.15) is 42.5 Å². The fourth-order valence-corrected chi connectivity index (χ4v) is 3.92. The Labute approximate surface area is 188 Å². The van der Waals surface area contributed by atoms with Gasteiger partial charge in [0.2, 0.25) is 0 Å². The number of carbonyl (C=O) groups is 1. The number of thioether (sulfide) groups is 1. The number of nitrogens with zero attached hydrogens (tertiary/aromatic N) is 3. The van der Waals surface area contributed by atoms with E-state index in [4.69, 9.17) is 9.47 Å². The molecule has 0 fully saturated rings. The van der Waals surface area contributed by atoms with Gasteiger partial charge in [-0.05, 0) is 42.2 Å². The van der Waals surface area contributed by atoms with Gasteiger partial charge in [0.05, 0.1) is 12.9 Å². The number of benzene rings is 2. The van der Waals surface area contributed by atoms with Gasteiger partial charge in [-0.15, -0.1) is 10.2 Å². The van der Waals surface area contributed by atoms with E-state index in [1.54, 1.807) is 19.2 Å². The van der Waals surface area contributed by atoms with Crippen LogP contribution in [0.3, 0.4) is 0 Å². The Bertz CT molecular complexity index is 1000. The second kappa shape index (κ2) is 11.0. The molecule has 0 radical (unpaired) electrons. The van der Waals surface area contributed by atoms with Gasteiger partial charge in [0, 0.05) is 12.1 Å². The molecule has 0 bridgehead atoms. The summed E-state index contributed by atoms with van der Waals surface area (Å²) in [5, 5.41) is 9.39. The fourth-order valence-electron chi connectivity index (χ4n) is 3.06. The fraction of sp³-hybridized carbons (Fsp3) is 0.375. The number of aryl methyl sites for hydroxylation is 1. The summed E-state index contributed by atoms with van der Waals surface area (Å²) in [6, 6.07) is 15.3. The van der Waals surface area contributed by atoms with Crippen LogP contribution >= 0.6 is 11.8 Å². The topological polar surface area (TPSA) is 66.2 Å². The number of carbonyl (C=O) groups excluding carboxylic acids is 1. The highest BCUT2D eigenvalue weighted by Gasteiger charge is 2.17. The predicted molar refractivity (Wildman–Crippen MR) is 123 cm³/mol. The van der Waals surface area contributed by atoms with Crippen molar-refractivity contribution in [3.05, 3.63) is 65.5 Å². The monoisotopic (exact) mass is 439 g/mol. The number of methoxy groups -OCH3 is 1. The van der Waals surface area contributed by atoms with Gasteiger partial charge in [0.1, 0.15) is 18.1 Å². The highest BCUT2D eigenvalue weighted by atomic mass is 32.2. The molecule has 0 aliphatic heterocycles. The Kier molecular flexibility index (Phi) is 8.12. The molecular formula is C24H29N3O3S. The van der Waals surface area contributed by atoms with E-state index in [2.05, 4.69) is 47.7 Å². The third-order valence-electron chi connectivity index (χ3n) is 4.76. The molecule has 1 aromatic heterocycles. The normalized spacial score (nSPS) is 11.0. The Morgan fingerprint density at radius 1 is 1.10 bits per heavy atom. The average molecular weight is 440 g/mol. The van der Waals surface area contributed by atoms with Crippen molar-refractivity contribution in [3.8, 4) is 11.5 Å². The number of Topliss-reactive ketones (excluding diaryl/α,β-unsaturated/α-hetero) is 1. The molecule has 0 aliphatic rings. The lowest BCUT2D eigenvalue weighted by molar-refractivity contribution is 0.102. The summed E-state index contributed by atoms with van der Waals surface area (Å²) in [6.07, 6.45) is 0.998. The van der Waals surface area contributed by atoms with Crippen molar-refractivity contribution in [3.63, 3.8) is 0 Å². The van der Waals surface area contributed by atoms with Gasteiger partial charge < -0.3 is 14.0 Å². The molecule has 1 heterocycles. The van der Waals surface area contributed by atoms with Crippen LogP contribution in [0.25, 0.3) is 0 Å². The molecule has 0 aliphatic carbocycles. The van der Waals surface area contributed by atoms with E-state index < -0.39 is 0 Å². The number of rotatable bonds is 11. The van der Waals surface area contributed by atoms with E-state index in [0.29, 0.717) is 23.8 Å². The van der Waals surface area contributed by atoms with Crippen molar-refractivity contribution in [1.29, 1.82) is 0 Å². The number of hydrogen-bond acceptors (Lipinski definition) is 6. The molecule has 6 nitrogen and oxygen atoms in total. The van der Waals surface area contributed by atoms with Gasteiger partial charge in [-0.3, -0.25) is 4.79 Å². The lowest BCUT2D eigenvalue weighted by Gasteiger charge is -2.13. The first kappa shape index (κ1) is 22.9. The van der Waals surface area contributed by atoms with Crippen LogP contribution in [0.2, 0.25) is 0 Å². The van der Waals surface area contributed by atoms with Crippen LogP contribution in [0, 0.1) is 5.92 Å². The Hall–Kier alpha value is -2.80. The highest BCUT2D eigenvalue weighted by Crippen LogP contribution is 2.22. The van der Waals surface area contributed by atoms with Crippen molar-refractivity contribution in [2.24, 2.45) is 5.92 Å². The summed E-state index contributed by atoms with van der Waals surface area (Å²) in [6.45, 7) is 7.50. The number of aromatic nitrogens is 3. The van der Waals surface area contributed by atoms with Crippen LogP contribution < -0.4 is 9.47 Å². The molecule has 164 valence electrons. The molecule has 0 saturated carbocycles. The van der Waals surface area contributed by atoms with Crippen LogP contribution in [0.4, 0.5) is 0 Å². The van der Waals surface area contributed by atoms with E-state index in [0.717, 1.165) is 29.7 Å². The second-order valence-corrected chi connectivity index (χ2v) is 8.58. The third kappa shape index (κ3) is 6.34. The first-order valence-corrected chi connectivity index (χ1v) is 11.4. The molecule has 3 rings (SSSR count). The molecule has 0 saturated heterocycles. The molecule has 0 amide bonds. The quantitative estimate of drug-likeness (QED) is 0.307. The van der Waals surface area contributed by atoms with Crippen LogP contribution in [0.5, 0.6) is 11.5 Å². The lowest BCUT2D eigenvalue weighted by atomic mass is 10.1. The molecule has 0 atom stereocenters. The molecular weight excluding hydrogens is 410 g/mol. The van der Waals surface area contributed by atoms with E-state index in [-0.39, 0.29) is 11.5 Å². The number of ketones is 1. The Morgan fingerprint density at radius 3 is 2.55 bits per heavy atom. The summed E-state index contributed by atoms with van der Waals surface area (Å²) in [5.74, 6) is 2.94. The molecule has 0 N–H and O–H groups in total. The average Bonchev–Trinajstić information content (AvgIpc) is 3.17. The third-order valence-corrected chi connectivity index (χ3v) is 5.73. The zero-order chi connectivity index (χ0) is 22.2. The van der Waals surface area contributed by atoms with Crippen molar-refractivity contribution >= 4 is 17.5 Å². The van der Waals surface area contributed by atoms with Gasteiger partial charge in [-0.1, -0.05) is 56.8 Å². The van der Waals surface area contributed by atoms with Gasteiger partial charge in [-0.2, -0.15) is 0 Å². The van der Waals surface area contributed by atoms with Crippen molar-refractivity contribution in [2.45, 2.75) is 45.5 Å². The van der Waals surface area contributed by atoms with Crippen LogP contribution in [-0.2, 0) is 19.6 Å². The SMILES string of the molecule is CCc1ccc(OCc2nnc(SCC(=O)c3cccc(OC)c3)n2CC(C)C)cc1. The summed E-state index contributed by atoms with van der Waals surface area (Å²) in [4.78, 5) is 12.6.